The van der Waals surface area contributed by atoms with E-state index in [-0.39, 0.29) is 5.41 Å². The Balaban J connectivity index is 2.31. The number of rotatable bonds is 3. The second kappa shape index (κ2) is 3.50. The van der Waals surface area contributed by atoms with Crippen molar-refractivity contribution in [3.63, 3.8) is 0 Å². The molecule has 1 aliphatic carbocycles. The summed E-state index contributed by atoms with van der Waals surface area (Å²) in [5, 5.41) is 3.22. The van der Waals surface area contributed by atoms with E-state index in [1.807, 2.05) is 6.20 Å². The van der Waals surface area contributed by atoms with Crippen LogP contribution in [0, 0.1) is 0 Å². The van der Waals surface area contributed by atoms with Crippen LogP contribution in [0.2, 0.25) is 0 Å². The standard InChI is InChI=1S/C10H14BrN3/c1-3-12-8-7(11)6-13-9(14-8)10(2)4-5-10/h6H,3-5H2,1-2H3,(H,12,13,14). The van der Waals surface area contributed by atoms with Crippen molar-refractivity contribution in [1.29, 1.82) is 0 Å². The maximum Gasteiger partial charge on any atom is 0.144 e. The number of anilines is 1. The predicted octanol–water partition coefficient (Wildman–Crippen LogP) is 2.72. The second-order valence-corrected chi connectivity index (χ2v) is 4.84. The van der Waals surface area contributed by atoms with E-state index in [1.54, 1.807) is 0 Å². The molecule has 0 atom stereocenters. The molecule has 4 heteroatoms. The van der Waals surface area contributed by atoms with Gasteiger partial charge in [-0.1, -0.05) is 6.92 Å². The Morgan fingerprint density at radius 1 is 1.57 bits per heavy atom. The van der Waals surface area contributed by atoms with Crippen molar-refractivity contribution >= 4 is 21.7 Å². The van der Waals surface area contributed by atoms with Gasteiger partial charge in [0.25, 0.3) is 0 Å². The number of aromatic nitrogens is 2. The fraction of sp³-hybridized carbons (Fsp3) is 0.600. The molecule has 2 rings (SSSR count). The molecule has 0 unspecified atom stereocenters. The van der Waals surface area contributed by atoms with Crippen molar-refractivity contribution in [3.8, 4) is 0 Å². The molecule has 1 N–H and O–H groups in total. The summed E-state index contributed by atoms with van der Waals surface area (Å²) < 4.78 is 0.937. The molecule has 1 aromatic heterocycles. The Bertz CT molecular complexity index is 347. The summed E-state index contributed by atoms with van der Waals surface area (Å²) in [6, 6.07) is 0. The van der Waals surface area contributed by atoms with Gasteiger partial charge in [0.2, 0.25) is 0 Å². The summed E-state index contributed by atoms with van der Waals surface area (Å²) in [5.74, 6) is 1.88. The van der Waals surface area contributed by atoms with Crippen molar-refractivity contribution in [2.24, 2.45) is 0 Å². The van der Waals surface area contributed by atoms with Gasteiger partial charge < -0.3 is 5.32 Å². The molecule has 0 aliphatic heterocycles. The minimum absolute atomic E-state index is 0.241. The third-order valence-electron chi connectivity index (χ3n) is 2.63. The monoisotopic (exact) mass is 255 g/mol. The molecule has 1 fully saturated rings. The van der Waals surface area contributed by atoms with Crippen LogP contribution in [-0.2, 0) is 5.41 Å². The molecule has 0 aromatic carbocycles. The molecule has 1 saturated carbocycles. The van der Waals surface area contributed by atoms with Gasteiger partial charge in [-0.2, -0.15) is 0 Å². The number of hydrogen-bond donors (Lipinski definition) is 1. The quantitative estimate of drug-likeness (QED) is 0.903. The van der Waals surface area contributed by atoms with Crippen LogP contribution in [0.5, 0.6) is 0 Å². The Kier molecular flexibility index (Phi) is 2.47. The molecule has 1 aliphatic rings. The number of halogens is 1. The minimum Gasteiger partial charge on any atom is -0.369 e. The van der Waals surface area contributed by atoms with Gasteiger partial charge in [0.1, 0.15) is 11.6 Å². The molecular formula is C10H14BrN3. The Hall–Kier alpha value is -0.640. The van der Waals surface area contributed by atoms with E-state index >= 15 is 0 Å². The summed E-state index contributed by atoms with van der Waals surface area (Å²) >= 11 is 3.43. The molecule has 0 amide bonds. The highest BCUT2D eigenvalue weighted by molar-refractivity contribution is 9.10. The number of nitrogens with one attached hydrogen (secondary N) is 1. The van der Waals surface area contributed by atoms with Crippen LogP contribution in [0.25, 0.3) is 0 Å². The van der Waals surface area contributed by atoms with E-state index in [9.17, 15) is 0 Å². The van der Waals surface area contributed by atoms with E-state index in [0.29, 0.717) is 0 Å². The molecule has 0 bridgehead atoms. The second-order valence-electron chi connectivity index (χ2n) is 3.98. The highest BCUT2D eigenvalue weighted by atomic mass is 79.9. The summed E-state index contributed by atoms with van der Waals surface area (Å²) in [6.45, 7) is 5.16. The van der Waals surface area contributed by atoms with Gasteiger partial charge in [0, 0.05) is 18.2 Å². The molecular weight excluding hydrogens is 242 g/mol. The van der Waals surface area contributed by atoms with E-state index in [1.165, 1.54) is 12.8 Å². The molecule has 76 valence electrons. The first-order valence-corrected chi connectivity index (χ1v) is 5.72. The van der Waals surface area contributed by atoms with Gasteiger partial charge in [-0.05, 0) is 35.7 Å². The van der Waals surface area contributed by atoms with Crippen LogP contribution >= 0.6 is 15.9 Å². The van der Waals surface area contributed by atoms with Gasteiger partial charge in [-0.25, -0.2) is 9.97 Å². The smallest absolute Gasteiger partial charge is 0.144 e. The van der Waals surface area contributed by atoms with Crippen LogP contribution in [0.1, 0.15) is 32.5 Å². The zero-order valence-electron chi connectivity index (χ0n) is 8.47. The Morgan fingerprint density at radius 3 is 2.86 bits per heavy atom. The van der Waals surface area contributed by atoms with Crippen LogP contribution < -0.4 is 5.32 Å². The summed E-state index contributed by atoms with van der Waals surface area (Å²) in [5.41, 5.74) is 0.241. The Morgan fingerprint density at radius 2 is 2.29 bits per heavy atom. The van der Waals surface area contributed by atoms with Gasteiger partial charge >= 0.3 is 0 Å². The van der Waals surface area contributed by atoms with Crippen molar-refractivity contribution in [2.75, 3.05) is 11.9 Å². The molecule has 14 heavy (non-hydrogen) atoms. The topological polar surface area (TPSA) is 37.8 Å². The maximum atomic E-state index is 4.53. The SMILES string of the molecule is CCNc1nc(C2(C)CC2)ncc1Br. The molecule has 1 aromatic rings. The predicted molar refractivity (Wildman–Crippen MR) is 60.5 cm³/mol. The van der Waals surface area contributed by atoms with Crippen molar-refractivity contribution < 1.29 is 0 Å². The zero-order valence-corrected chi connectivity index (χ0v) is 10.1. The first kappa shape index (κ1) is 9.90. The number of nitrogens with zero attached hydrogens (tertiary/aromatic N) is 2. The van der Waals surface area contributed by atoms with Crippen LogP contribution in [0.15, 0.2) is 10.7 Å². The average Bonchev–Trinajstić information content (AvgIpc) is 2.89. The fourth-order valence-corrected chi connectivity index (χ4v) is 1.69. The van der Waals surface area contributed by atoms with E-state index < -0.39 is 0 Å². The molecule has 1 heterocycles. The third kappa shape index (κ3) is 1.75. The third-order valence-corrected chi connectivity index (χ3v) is 3.21. The van der Waals surface area contributed by atoms with Crippen molar-refractivity contribution in [1.82, 2.24) is 9.97 Å². The van der Waals surface area contributed by atoms with Crippen molar-refractivity contribution in [3.05, 3.63) is 16.5 Å². The van der Waals surface area contributed by atoms with Crippen molar-refractivity contribution in [2.45, 2.75) is 32.1 Å². The maximum absolute atomic E-state index is 4.53. The minimum atomic E-state index is 0.241. The lowest BCUT2D eigenvalue weighted by Crippen LogP contribution is -2.10. The lowest BCUT2D eigenvalue weighted by atomic mass is 10.1. The highest BCUT2D eigenvalue weighted by Crippen LogP contribution is 2.46. The molecule has 3 nitrogen and oxygen atoms in total. The number of hydrogen-bond acceptors (Lipinski definition) is 3. The van der Waals surface area contributed by atoms with Gasteiger partial charge in [-0.15, -0.1) is 0 Å². The normalized spacial score (nSPS) is 17.9. The average molecular weight is 256 g/mol. The van der Waals surface area contributed by atoms with Crippen LogP contribution in [-0.4, -0.2) is 16.5 Å². The lowest BCUT2D eigenvalue weighted by molar-refractivity contribution is 0.708. The van der Waals surface area contributed by atoms with E-state index in [0.717, 1.165) is 22.7 Å². The van der Waals surface area contributed by atoms with Crippen LogP contribution in [0.4, 0.5) is 5.82 Å². The highest BCUT2D eigenvalue weighted by Gasteiger charge is 2.42. The van der Waals surface area contributed by atoms with E-state index in [4.69, 9.17) is 0 Å². The summed E-state index contributed by atoms with van der Waals surface area (Å²) in [4.78, 5) is 8.88. The van der Waals surface area contributed by atoms with Gasteiger partial charge in [0.15, 0.2) is 0 Å². The molecule has 0 spiro atoms. The van der Waals surface area contributed by atoms with Crippen LogP contribution in [0.3, 0.4) is 0 Å². The Labute approximate surface area is 92.5 Å². The zero-order chi connectivity index (χ0) is 10.2. The van der Waals surface area contributed by atoms with Gasteiger partial charge in [-0.3, -0.25) is 0 Å². The summed E-state index contributed by atoms with van der Waals surface area (Å²) in [7, 11) is 0. The lowest BCUT2D eigenvalue weighted by Gasteiger charge is -2.10. The summed E-state index contributed by atoms with van der Waals surface area (Å²) in [6.07, 6.45) is 4.25. The largest absolute Gasteiger partial charge is 0.369 e. The first-order chi connectivity index (χ1) is 6.65. The molecule has 0 radical (unpaired) electrons. The fourth-order valence-electron chi connectivity index (χ4n) is 1.36. The van der Waals surface area contributed by atoms with E-state index in [2.05, 4.69) is 45.1 Å². The first-order valence-electron chi connectivity index (χ1n) is 4.92. The molecule has 0 saturated heterocycles. The van der Waals surface area contributed by atoms with Gasteiger partial charge in [0.05, 0.1) is 4.47 Å².